The average molecular weight is 387 g/mol. The van der Waals surface area contributed by atoms with E-state index in [0.717, 1.165) is 19.6 Å². The number of hydrogen-bond donors (Lipinski definition) is 1. The molecule has 0 saturated carbocycles. The predicted octanol–water partition coefficient (Wildman–Crippen LogP) is 2.24. The van der Waals surface area contributed by atoms with Gasteiger partial charge in [-0.05, 0) is 35.1 Å². The molecule has 0 aliphatic carbocycles. The molecule has 0 radical (unpaired) electrons. The molecule has 1 aliphatic heterocycles. The number of rotatable bonds is 6. The number of amides is 2. The topological polar surface area (TPSA) is 65.5 Å². The highest BCUT2D eigenvalue weighted by molar-refractivity contribution is 7.12. The van der Waals surface area contributed by atoms with E-state index in [0.29, 0.717) is 18.0 Å². The van der Waals surface area contributed by atoms with Crippen molar-refractivity contribution >= 4 is 23.2 Å². The summed E-state index contributed by atoms with van der Waals surface area (Å²) in [5, 5.41) is 4.79. The van der Waals surface area contributed by atoms with E-state index in [9.17, 15) is 9.59 Å². The SMILES string of the molecule is CC(C)C(NC(=O)c1cccs1)C(=O)N1CCN(Cc2ccncc2)CC1. The van der Waals surface area contributed by atoms with Gasteiger partial charge in [-0.3, -0.25) is 19.5 Å². The summed E-state index contributed by atoms with van der Waals surface area (Å²) in [6, 6.07) is 7.17. The summed E-state index contributed by atoms with van der Waals surface area (Å²) in [7, 11) is 0. The van der Waals surface area contributed by atoms with Crippen molar-refractivity contribution in [2.45, 2.75) is 26.4 Å². The van der Waals surface area contributed by atoms with E-state index in [1.165, 1.54) is 16.9 Å². The Bertz CT molecular complexity index is 741. The summed E-state index contributed by atoms with van der Waals surface area (Å²) in [6.45, 7) is 7.83. The molecule has 7 heteroatoms. The maximum atomic E-state index is 13.0. The van der Waals surface area contributed by atoms with Gasteiger partial charge in [0.2, 0.25) is 5.91 Å². The van der Waals surface area contributed by atoms with Gasteiger partial charge in [-0.1, -0.05) is 19.9 Å². The van der Waals surface area contributed by atoms with Gasteiger partial charge in [0, 0.05) is 45.1 Å². The summed E-state index contributed by atoms with van der Waals surface area (Å²) in [5.41, 5.74) is 1.23. The first-order valence-electron chi connectivity index (χ1n) is 9.29. The van der Waals surface area contributed by atoms with Crippen molar-refractivity contribution in [3.8, 4) is 0 Å². The quantitative estimate of drug-likeness (QED) is 0.827. The summed E-state index contributed by atoms with van der Waals surface area (Å²) in [5.74, 6) is -0.122. The molecule has 1 N–H and O–H groups in total. The van der Waals surface area contributed by atoms with Gasteiger partial charge in [0.25, 0.3) is 5.91 Å². The lowest BCUT2D eigenvalue weighted by Crippen LogP contribution is -2.56. The van der Waals surface area contributed by atoms with Crippen LogP contribution < -0.4 is 5.32 Å². The number of aromatic nitrogens is 1. The first kappa shape index (κ1) is 19.5. The van der Waals surface area contributed by atoms with Gasteiger partial charge >= 0.3 is 0 Å². The molecule has 2 amide bonds. The van der Waals surface area contributed by atoms with Crippen LogP contribution in [-0.4, -0.2) is 58.8 Å². The molecule has 3 heterocycles. The number of piperazine rings is 1. The number of carbonyl (C=O) groups excluding carboxylic acids is 2. The van der Waals surface area contributed by atoms with Gasteiger partial charge in [0.15, 0.2) is 0 Å². The monoisotopic (exact) mass is 386 g/mol. The first-order valence-corrected chi connectivity index (χ1v) is 10.2. The maximum Gasteiger partial charge on any atom is 0.262 e. The highest BCUT2D eigenvalue weighted by Gasteiger charge is 2.31. The number of thiophene rings is 1. The van der Waals surface area contributed by atoms with Gasteiger partial charge in [-0.2, -0.15) is 0 Å². The van der Waals surface area contributed by atoms with E-state index in [1.54, 1.807) is 18.5 Å². The van der Waals surface area contributed by atoms with Crippen LogP contribution in [0.4, 0.5) is 0 Å². The number of hydrogen-bond acceptors (Lipinski definition) is 5. The van der Waals surface area contributed by atoms with Crippen molar-refractivity contribution in [1.82, 2.24) is 20.1 Å². The Balaban J connectivity index is 1.55. The van der Waals surface area contributed by atoms with Crippen LogP contribution in [0.25, 0.3) is 0 Å². The minimum Gasteiger partial charge on any atom is -0.339 e. The molecule has 27 heavy (non-hydrogen) atoms. The zero-order valence-electron chi connectivity index (χ0n) is 15.8. The normalized spacial score (nSPS) is 16.3. The molecule has 2 aromatic rings. The molecule has 1 unspecified atom stereocenters. The number of nitrogens with one attached hydrogen (secondary N) is 1. The third-order valence-corrected chi connectivity index (χ3v) is 5.67. The van der Waals surface area contributed by atoms with Crippen molar-refractivity contribution in [3.05, 3.63) is 52.5 Å². The fraction of sp³-hybridized carbons (Fsp3) is 0.450. The fourth-order valence-corrected chi connectivity index (χ4v) is 3.83. The zero-order valence-corrected chi connectivity index (χ0v) is 16.6. The van der Waals surface area contributed by atoms with E-state index < -0.39 is 6.04 Å². The van der Waals surface area contributed by atoms with Crippen molar-refractivity contribution in [2.75, 3.05) is 26.2 Å². The van der Waals surface area contributed by atoms with Gasteiger partial charge in [-0.15, -0.1) is 11.3 Å². The second kappa shape index (κ2) is 9.10. The summed E-state index contributed by atoms with van der Waals surface area (Å²) >= 11 is 1.39. The molecule has 6 nitrogen and oxygen atoms in total. The lowest BCUT2D eigenvalue weighted by Gasteiger charge is -2.37. The van der Waals surface area contributed by atoms with E-state index in [4.69, 9.17) is 0 Å². The smallest absolute Gasteiger partial charge is 0.262 e. The van der Waals surface area contributed by atoms with Crippen LogP contribution >= 0.6 is 11.3 Å². The second-order valence-electron chi connectivity index (χ2n) is 7.13. The maximum absolute atomic E-state index is 13.0. The second-order valence-corrected chi connectivity index (χ2v) is 8.08. The van der Waals surface area contributed by atoms with Gasteiger partial charge in [0.1, 0.15) is 6.04 Å². The van der Waals surface area contributed by atoms with Crippen LogP contribution in [0, 0.1) is 5.92 Å². The number of carbonyl (C=O) groups is 2. The number of nitrogens with zero attached hydrogens (tertiary/aromatic N) is 3. The Kier molecular flexibility index (Phi) is 6.58. The van der Waals surface area contributed by atoms with Gasteiger partial charge in [-0.25, -0.2) is 0 Å². The fourth-order valence-electron chi connectivity index (χ4n) is 3.20. The molecule has 0 bridgehead atoms. The predicted molar refractivity (Wildman–Crippen MR) is 107 cm³/mol. The van der Waals surface area contributed by atoms with E-state index >= 15 is 0 Å². The van der Waals surface area contributed by atoms with E-state index in [-0.39, 0.29) is 17.7 Å². The lowest BCUT2D eigenvalue weighted by atomic mass is 10.0. The first-order chi connectivity index (χ1) is 13.0. The van der Waals surface area contributed by atoms with Crippen molar-refractivity contribution in [2.24, 2.45) is 5.92 Å². The molecule has 1 saturated heterocycles. The minimum atomic E-state index is -0.494. The highest BCUT2D eigenvalue weighted by atomic mass is 32.1. The highest BCUT2D eigenvalue weighted by Crippen LogP contribution is 2.14. The Morgan fingerprint density at radius 1 is 1.15 bits per heavy atom. The van der Waals surface area contributed by atoms with Crippen molar-refractivity contribution in [3.63, 3.8) is 0 Å². The molecular weight excluding hydrogens is 360 g/mol. The van der Waals surface area contributed by atoms with Crippen LogP contribution in [0.5, 0.6) is 0 Å². The van der Waals surface area contributed by atoms with Gasteiger partial charge < -0.3 is 10.2 Å². The minimum absolute atomic E-state index is 0.0125. The molecule has 3 rings (SSSR count). The Hall–Kier alpha value is -2.25. The van der Waals surface area contributed by atoms with Crippen LogP contribution in [-0.2, 0) is 11.3 Å². The van der Waals surface area contributed by atoms with Gasteiger partial charge in [0.05, 0.1) is 4.88 Å². The van der Waals surface area contributed by atoms with Crippen LogP contribution in [0.15, 0.2) is 42.0 Å². The zero-order chi connectivity index (χ0) is 19.2. The molecule has 0 spiro atoms. The third-order valence-electron chi connectivity index (χ3n) is 4.80. The summed E-state index contributed by atoms with van der Waals surface area (Å²) in [4.78, 5) is 34.3. The molecular formula is C20H26N4O2S. The van der Waals surface area contributed by atoms with E-state index in [1.807, 2.05) is 42.3 Å². The summed E-state index contributed by atoms with van der Waals surface area (Å²) in [6.07, 6.45) is 3.61. The largest absolute Gasteiger partial charge is 0.339 e. The Morgan fingerprint density at radius 2 is 1.85 bits per heavy atom. The summed E-state index contributed by atoms with van der Waals surface area (Å²) < 4.78 is 0. The standard InChI is InChI=1S/C20H26N4O2S/c1-15(2)18(22-19(25)17-4-3-13-27-17)20(26)24-11-9-23(10-12-24)14-16-5-7-21-8-6-16/h3-8,13,15,18H,9-12,14H2,1-2H3,(H,22,25). The molecule has 144 valence electrons. The third kappa shape index (κ3) is 5.14. The Morgan fingerprint density at radius 3 is 2.44 bits per heavy atom. The average Bonchev–Trinajstić information content (AvgIpc) is 3.21. The van der Waals surface area contributed by atoms with Crippen molar-refractivity contribution < 1.29 is 9.59 Å². The molecule has 2 aromatic heterocycles. The van der Waals surface area contributed by atoms with Crippen molar-refractivity contribution in [1.29, 1.82) is 0 Å². The Labute approximate surface area is 164 Å². The molecule has 1 aliphatic rings. The van der Waals surface area contributed by atoms with Crippen LogP contribution in [0.1, 0.15) is 29.1 Å². The molecule has 1 fully saturated rings. The lowest BCUT2D eigenvalue weighted by molar-refractivity contribution is -0.136. The number of pyridine rings is 1. The van der Waals surface area contributed by atoms with E-state index in [2.05, 4.69) is 15.2 Å². The molecule has 0 aromatic carbocycles. The van der Waals surface area contributed by atoms with Crippen LogP contribution in [0.2, 0.25) is 0 Å². The van der Waals surface area contributed by atoms with Crippen LogP contribution in [0.3, 0.4) is 0 Å². The molecule has 1 atom stereocenters.